The molecule has 3 atom stereocenters. The summed E-state index contributed by atoms with van der Waals surface area (Å²) in [5.41, 5.74) is 0.850. The highest BCUT2D eigenvalue weighted by Gasteiger charge is 2.34. The molecular weight excluding hydrogens is 288 g/mol. The van der Waals surface area contributed by atoms with Crippen LogP contribution in [0.5, 0.6) is 0 Å². The van der Waals surface area contributed by atoms with Crippen LogP contribution in [0.3, 0.4) is 0 Å². The molecule has 2 rings (SSSR count). The summed E-state index contributed by atoms with van der Waals surface area (Å²) in [5.74, 6) is 0. The van der Waals surface area contributed by atoms with Gasteiger partial charge in [-0.1, -0.05) is 30.3 Å². The molecule has 4 heteroatoms. The Hall–Kier alpha value is -1.55. The van der Waals surface area contributed by atoms with Gasteiger partial charge in [0.15, 0.2) is 0 Å². The second-order valence-electron chi connectivity index (χ2n) is 7.58. The van der Waals surface area contributed by atoms with Gasteiger partial charge in [0.1, 0.15) is 5.60 Å². The normalized spacial score (nSPS) is 25.9. The van der Waals surface area contributed by atoms with Crippen molar-refractivity contribution in [3.8, 4) is 0 Å². The molecule has 1 aliphatic rings. The van der Waals surface area contributed by atoms with Gasteiger partial charge >= 0.3 is 6.09 Å². The molecule has 0 aliphatic carbocycles. The average molecular weight is 318 g/mol. The zero-order valence-corrected chi connectivity index (χ0v) is 15.0. The van der Waals surface area contributed by atoms with Crippen LogP contribution >= 0.6 is 0 Å². The van der Waals surface area contributed by atoms with Crippen molar-refractivity contribution in [2.45, 2.75) is 77.7 Å². The standard InChI is InChI=1S/C19H30N2O2/c1-14-11-12-17(20-18(22)23-19(3,4)5)15(2)21(14)13-16-9-7-6-8-10-16/h6-10,14-15,17H,11-13H2,1-5H3,(H,20,22). The van der Waals surface area contributed by atoms with E-state index in [2.05, 4.69) is 48.3 Å². The molecule has 3 unspecified atom stereocenters. The number of ether oxygens (including phenoxy) is 1. The second kappa shape index (κ2) is 7.35. The quantitative estimate of drug-likeness (QED) is 0.917. The number of carbonyl (C=O) groups excluding carboxylic acids is 1. The number of amides is 1. The van der Waals surface area contributed by atoms with Gasteiger partial charge in [-0.05, 0) is 53.0 Å². The van der Waals surface area contributed by atoms with Crippen molar-refractivity contribution >= 4 is 6.09 Å². The summed E-state index contributed by atoms with van der Waals surface area (Å²) >= 11 is 0. The van der Waals surface area contributed by atoms with Crippen LogP contribution in [-0.2, 0) is 11.3 Å². The third-order valence-electron chi connectivity index (χ3n) is 4.48. The van der Waals surface area contributed by atoms with Crippen molar-refractivity contribution in [1.29, 1.82) is 0 Å². The highest BCUT2D eigenvalue weighted by Crippen LogP contribution is 2.25. The van der Waals surface area contributed by atoms with E-state index in [0.717, 1.165) is 19.4 Å². The Morgan fingerprint density at radius 3 is 2.48 bits per heavy atom. The minimum atomic E-state index is -0.459. The number of alkyl carbamates (subject to hydrolysis) is 1. The summed E-state index contributed by atoms with van der Waals surface area (Å²) in [6.45, 7) is 11.0. The smallest absolute Gasteiger partial charge is 0.407 e. The molecule has 128 valence electrons. The van der Waals surface area contributed by atoms with E-state index in [1.807, 2.05) is 26.8 Å². The number of rotatable bonds is 3. The lowest BCUT2D eigenvalue weighted by atomic mass is 9.92. The number of hydrogen-bond donors (Lipinski definition) is 1. The fourth-order valence-corrected chi connectivity index (χ4v) is 3.21. The topological polar surface area (TPSA) is 41.6 Å². The molecule has 1 N–H and O–H groups in total. The van der Waals surface area contributed by atoms with Crippen molar-refractivity contribution in [1.82, 2.24) is 10.2 Å². The van der Waals surface area contributed by atoms with E-state index in [-0.39, 0.29) is 18.2 Å². The van der Waals surface area contributed by atoms with Crippen LogP contribution in [0.4, 0.5) is 4.79 Å². The minimum absolute atomic E-state index is 0.129. The maximum absolute atomic E-state index is 12.1. The summed E-state index contributed by atoms with van der Waals surface area (Å²) in [5, 5.41) is 3.06. The monoisotopic (exact) mass is 318 g/mol. The molecule has 23 heavy (non-hydrogen) atoms. The lowest BCUT2D eigenvalue weighted by Gasteiger charge is -2.44. The number of carbonyl (C=O) groups is 1. The summed E-state index contributed by atoms with van der Waals surface area (Å²) in [6.07, 6.45) is 1.76. The summed E-state index contributed by atoms with van der Waals surface area (Å²) < 4.78 is 5.40. The molecule has 1 aliphatic heterocycles. The number of benzene rings is 1. The Morgan fingerprint density at radius 1 is 1.22 bits per heavy atom. The van der Waals surface area contributed by atoms with Crippen LogP contribution in [0.1, 0.15) is 53.0 Å². The van der Waals surface area contributed by atoms with Crippen molar-refractivity contribution in [3.05, 3.63) is 35.9 Å². The van der Waals surface area contributed by atoms with Gasteiger partial charge in [-0.2, -0.15) is 0 Å². The third kappa shape index (κ3) is 5.24. The highest BCUT2D eigenvalue weighted by molar-refractivity contribution is 5.68. The van der Waals surface area contributed by atoms with Gasteiger partial charge in [-0.15, -0.1) is 0 Å². The van der Waals surface area contributed by atoms with Crippen molar-refractivity contribution in [2.24, 2.45) is 0 Å². The second-order valence-corrected chi connectivity index (χ2v) is 7.58. The molecule has 0 spiro atoms. The summed E-state index contributed by atoms with van der Waals surface area (Å²) in [7, 11) is 0. The zero-order chi connectivity index (χ0) is 17.0. The molecule has 0 bridgehead atoms. The van der Waals surface area contributed by atoms with Crippen LogP contribution in [0, 0.1) is 0 Å². The van der Waals surface area contributed by atoms with Gasteiger partial charge in [-0.3, -0.25) is 4.90 Å². The molecule has 1 heterocycles. The fourth-order valence-electron chi connectivity index (χ4n) is 3.21. The highest BCUT2D eigenvalue weighted by atomic mass is 16.6. The fraction of sp³-hybridized carbons (Fsp3) is 0.632. The average Bonchev–Trinajstić information content (AvgIpc) is 2.46. The van der Waals surface area contributed by atoms with E-state index in [4.69, 9.17) is 4.74 Å². The predicted molar refractivity (Wildman–Crippen MR) is 93.3 cm³/mol. The maximum atomic E-state index is 12.1. The van der Waals surface area contributed by atoms with E-state index in [1.165, 1.54) is 5.56 Å². The number of piperidine rings is 1. The Balaban J connectivity index is 1.99. The minimum Gasteiger partial charge on any atom is -0.444 e. The largest absolute Gasteiger partial charge is 0.444 e. The predicted octanol–water partition coefficient (Wildman–Crippen LogP) is 3.95. The molecule has 0 radical (unpaired) electrons. The SMILES string of the molecule is CC1CCC(NC(=O)OC(C)(C)C)C(C)N1Cc1ccccc1. The molecule has 1 amide bonds. The van der Waals surface area contributed by atoms with Crippen molar-refractivity contribution in [2.75, 3.05) is 0 Å². The number of nitrogens with one attached hydrogen (secondary N) is 1. The number of likely N-dealkylation sites (tertiary alicyclic amines) is 1. The van der Waals surface area contributed by atoms with Gasteiger partial charge < -0.3 is 10.1 Å². The zero-order valence-electron chi connectivity index (χ0n) is 15.0. The first-order valence-corrected chi connectivity index (χ1v) is 8.55. The van der Waals surface area contributed by atoms with E-state index < -0.39 is 5.60 Å². The Bertz CT molecular complexity index is 510. The van der Waals surface area contributed by atoms with Gasteiger partial charge in [0, 0.05) is 24.7 Å². The molecule has 4 nitrogen and oxygen atoms in total. The van der Waals surface area contributed by atoms with E-state index in [9.17, 15) is 4.79 Å². The first kappa shape index (κ1) is 17.8. The Morgan fingerprint density at radius 2 is 1.87 bits per heavy atom. The number of nitrogens with zero attached hydrogens (tertiary/aromatic N) is 1. The van der Waals surface area contributed by atoms with Crippen molar-refractivity contribution in [3.63, 3.8) is 0 Å². The molecule has 1 aromatic rings. The summed E-state index contributed by atoms with van der Waals surface area (Å²) in [6, 6.07) is 11.4. The van der Waals surface area contributed by atoms with Crippen LogP contribution in [0.15, 0.2) is 30.3 Å². The van der Waals surface area contributed by atoms with Gasteiger partial charge in [0.25, 0.3) is 0 Å². The summed E-state index contributed by atoms with van der Waals surface area (Å²) in [4.78, 5) is 14.5. The molecule has 0 saturated carbocycles. The lowest BCUT2D eigenvalue weighted by molar-refractivity contribution is 0.0328. The van der Waals surface area contributed by atoms with Gasteiger partial charge in [-0.25, -0.2) is 4.79 Å². The maximum Gasteiger partial charge on any atom is 0.407 e. The molecule has 1 saturated heterocycles. The Labute approximate surface area is 140 Å². The first-order chi connectivity index (χ1) is 10.8. The molecule has 1 fully saturated rings. The van der Waals surface area contributed by atoms with Gasteiger partial charge in [0.05, 0.1) is 0 Å². The van der Waals surface area contributed by atoms with E-state index in [0.29, 0.717) is 6.04 Å². The van der Waals surface area contributed by atoms with Crippen LogP contribution in [0.25, 0.3) is 0 Å². The molecular formula is C19H30N2O2. The van der Waals surface area contributed by atoms with Crippen LogP contribution < -0.4 is 5.32 Å². The molecule has 1 aromatic carbocycles. The van der Waals surface area contributed by atoms with Crippen LogP contribution in [0.2, 0.25) is 0 Å². The first-order valence-electron chi connectivity index (χ1n) is 8.55. The third-order valence-corrected chi connectivity index (χ3v) is 4.48. The van der Waals surface area contributed by atoms with E-state index >= 15 is 0 Å². The van der Waals surface area contributed by atoms with Crippen molar-refractivity contribution < 1.29 is 9.53 Å². The molecule has 0 aromatic heterocycles. The Kier molecular flexibility index (Phi) is 5.69. The van der Waals surface area contributed by atoms with Crippen LogP contribution in [-0.4, -0.2) is 34.7 Å². The lowest BCUT2D eigenvalue weighted by Crippen LogP contribution is -2.56. The van der Waals surface area contributed by atoms with E-state index in [1.54, 1.807) is 0 Å². The number of hydrogen-bond acceptors (Lipinski definition) is 3. The van der Waals surface area contributed by atoms with Gasteiger partial charge in [0.2, 0.25) is 0 Å².